The smallest absolute Gasteiger partial charge is 0.274 e. The number of aromatic nitrogens is 2. The first-order chi connectivity index (χ1) is 12.7. The molecule has 0 aliphatic carbocycles. The van der Waals surface area contributed by atoms with E-state index in [1.54, 1.807) is 16.9 Å². The number of amides is 1. The zero-order valence-corrected chi connectivity index (χ0v) is 15.1. The third-order valence-corrected chi connectivity index (χ3v) is 5.17. The lowest BCUT2D eigenvalue weighted by Gasteiger charge is -2.31. The summed E-state index contributed by atoms with van der Waals surface area (Å²) in [7, 11) is 0. The summed E-state index contributed by atoms with van der Waals surface area (Å²) in [4.78, 5) is 14.7. The van der Waals surface area contributed by atoms with Gasteiger partial charge in [0.25, 0.3) is 5.91 Å². The second-order valence-corrected chi connectivity index (χ2v) is 7.04. The van der Waals surface area contributed by atoms with Crippen molar-refractivity contribution >= 4 is 17.5 Å². The highest BCUT2D eigenvalue weighted by Crippen LogP contribution is 2.28. The van der Waals surface area contributed by atoms with Gasteiger partial charge in [-0.15, -0.1) is 0 Å². The van der Waals surface area contributed by atoms with E-state index in [9.17, 15) is 4.79 Å². The molecule has 5 heteroatoms. The van der Waals surface area contributed by atoms with Crippen LogP contribution < -0.4 is 0 Å². The molecule has 4 nitrogen and oxygen atoms in total. The van der Waals surface area contributed by atoms with Crippen LogP contribution in [0.5, 0.6) is 0 Å². The van der Waals surface area contributed by atoms with E-state index in [4.69, 9.17) is 11.6 Å². The summed E-state index contributed by atoms with van der Waals surface area (Å²) >= 11 is 6.03. The van der Waals surface area contributed by atoms with Crippen LogP contribution in [0.2, 0.25) is 5.02 Å². The van der Waals surface area contributed by atoms with E-state index in [-0.39, 0.29) is 5.91 Å². The molecular formula is C21H20ClN3O. The first kappa shape index (κ1) is 16.9. The predicted octanol–water partition coefficient (Wildman–Crippen LogP) is 4.55. The van der Waals surface area contributed by atoms with Crippen molar-refractivity contribution in [3.63, 3.8) is 0 Å². The summed E-state index contributed by atoms with van der Waals surface area (Å²) in [6.07, 6.45) is 3.78. The van der Waals surface area contributed by atoms with Crippen molar-refractivity contribution in [3.05, 3.63) is 83.1 Å². The highest BCUT2D eigenvalue weighted by molar-refractivity contribution is 6.30. The number of piperidine rings is 1. The second-order valence-electron chi connectivity index (χ2n) is 6.60. The first-order valence-electron chi connectivity index (χ1n) is 8.86. The average Bonchev–Trinajstić information content (AvgIpc) is 3.18. The molecule has 1 saturated heterocycles. The zero-order valence-electron chi connectivity index (χ0n) is 14.4. The molecule has 0 spiro atoms. The number of nitrogens with zero attached hydrogens (tertiary/aromatic N) is 3. The molecule has 0 N–H and O–H groups in total. The number of hydrogen-bond donors (Lipinski definition) is 0. The average molecular weight is 366 g/mol. The molecule has 0 radical (unpaired) electrons. The van der Waals surface area contributed by atoms with Gasteiger partial charge in [-0.25, -0.2) is 4.68 Å². The highest BCUT2D eigenvalue weighted by Gasteiger charge is 2.25. The Morgan fingerprint density at radius 3 is 2.50 bits per heavy atom. The van der Waals surface area contributed by atoms with Crippen LogP contribution in [0.3, 0.4) is 0 Å². The molecule has 0 atom stereocenters. The highest BCUT2D eigenvalue weighted by atomic mass is 35.5. The summed E-state index contributed by atoms with van der Waals surface area (Å²) in [6, 6.07) is 19.7. The summed E-state index contributed by atoms with van der Waals surface area (Å²) in [5, 5.41) is 5.09. The Morgan fingerprint density at radius 1 is 1.00 bits per heavy atom. The van der Waals surface area contributed by atoms with Gasteiger partial charge in [-0.05, 0) is 48.6 Å². The molecular weight excluding hydrogens is 346 g/mol. The number of benzene rings is 2. The van der Waals surface area contributed by atoms with Crippen LogP contribution >= 0.6 is 11.6 Å². The summed E-state index contributed by atoms with van der Waals surface area (Å²) in [5.74, 6) is 0.529. The molecule has 1 fully saturated rings. The van der Waals surface area contributed by atoms with Crippen LogP contribution in [0.4, 0.5) is 0 Å². The molecule has 132 valence electrons. The summed E-state index contributed by atoms with van der Waals surface area (Å²) < 4.78 is 1.69. The topological polar surface area (TPSA) is 38.1 Å². The molecule has 4 rings (SSSR count). The van der Waals surface area contributed by atoms with Gasteiger partial charge in [0.2, 0.25) is 0 Å². The monoisotopic (exact) mass is 365 g/mol. The number of likely N-dealkylation sites (tertiary alicyclic amines) is 1. The number of rotatable bonds is 3. The molecule has 2 aromatic carbocycles. The molecule has 0 unspecified atom stereocenters. The van der Waals surface area contributed by atoms with Gasteiger partial charge in [0.15, 0.2) is 5.69 Å². The number of carbonyl (C=O) groups is 1. The second kappa shape index (κ2) is 7.34. The maximum atomic E-state index is 12.8. The van der Waals surface area contributed by atoms with Gasteiger partial charge in [0.05, 0.1) is 5.69 Å². The molecule has 1 amide bonds. The van der Waals surface area contributed by atoms with Crippen molar-refractivity contribution in [1.29, 1.82) is 0 Å². The van der Waals surface area contributed by atoms with Crippen molar-refractivity contribution in [2.24, 2.45) is 0 Å². The molecule has 0 bridgehead atoms. The lowest BCUT2D eigenvalue weighted by Crippen LogP contribution is -2.38. The van der Waals surface area contributed by atoms with Gasteiger partial charge in [-0.1, -0.05) is 48.0 Å². The standard InChI is InChI=1S/C21H20ClN3O/c22-18-7-4-8-19(15-18)25-14-11-20(23-25)21(26)24-12-9-17(10-13-24)16-5-2-1-3-6-16/h1-8,11,14-15,17H,9-10,12-13H2. The van der Waals surface area contributed by atoms with Gasteiger partial charge in [0, 0.05) is 24.3 Å². The fourth-order valence-electron chi connectivity index (χ4n) is 3.50. The van der Waals surface area contributed by atoms with Crippen molar-refractivity contribution in [2.75, 3.05) is 13.1 Å². The lowest BCUT2D eigenvalue weighted by molar-refractivity contribution is 0.0706. The molecule has 1 aliphatic heterocycles. The number of carbonyl (C=O) groups excluding carboxylic acids is 1. The fourth-order valence-corrected chi connectivity index (χ4v) is 3.69. The van der Waals surface area contributed by atoms with Crippen LogP contribution in [0.15, 0.2) is 66.9 Å². The number of halogens is 1. The first-order valence-corrected chi connectivity index (χ1v) is 9.24. The Bertz CT molecular complexity index is 898. The minimum Gasteiger partial charge on any atom is -0.337 e. The van der Waals surface area contributed by atoms with Gasteiger partial charge < -0.3 is 4.90 Å². The van der Waals surface area contributed by atoms with E-state index < -0.39 is 0 Å². The quantitative estimate of drug-likeness (QED) is 0.683. The van der Waals surface area contributed by atoms with Gasteiger partial charge in [0.1, 0.15) is 0 Å². The molecule has 2 heterocycles. The zero-order chi connectivity index (χ0) is 17.9. The number of hydrogen-bond acceptors (Lipinski definition) is 2. The summed E-state index contributed by atoms with van der Waals surface area (Å²) in [6.45, 7) is 1.53. The van der Waals surface area contributed by atoms with Gasteiger partial charge >= 0.3 is 0 Å². The molecule has 0 saturated carbocycles. The largest absolute Gasteiger partial charge is 0.337 e. The van der Waals surface area contributed by atoms with Crippen molar-refractivity contribution in [1.82, 2.24) is 14.7 Å². The Labute approximate surface area is 158 Å². The van der Waals surface area contributed by atoms with E-state index in [1.807, 2.05) is 35.2 Å². The van der Waals surface area contributed by atoms with Crippen LogP contribution in [-0.2, 0) is 0 Å². The third-order valence-electron chi connectivity index (χ3n) is 4.93. The van der Waals surface area contributed by atoms with E-state index in [2.05, 4.69) is 29.4 Å². The van der Waals surface area contributed by atoms with Crippen LogP contribution in [0.25, 0.3) is 5.69 Å². The van der Waals surface area contributed by atoms with Crippen LogP contribution in [0.1, 0.15) is 34.8 Å². The SMILES string of the molecule is O=C(c1ccn(-c2cccc(Cl)c2)n1)N1CCC(c2ccccc2)CC1. The van der Waals surface area contributed by atoms with E-state index in [0.717, 1.165) is 31.6 Å². The Kier molecular flexibility index (Phi) is 4.76. The normalized spacial score (nSPS) is 15.2. The maximum Gasteiger partial charge on any atom is 0.274 e. The molecule has 3 aromatic rings. The maximum absolute atomic E-state index is 12.8. The summed E-state index contributed by atoms with van der Waals surface area (Å²) in [5.41, 5.74) is 2.69. The minimum atomic E-state index is -0.00251. The van der Waals surface area contributed by atoms with Crippen LogP contribution in [0, 0.1) is 0 Å². The van der Waals surface area contributed by atoms with Crippen molar-refractivity contribution < 1.29 is 4.79 Å². The molecule has 1 aromatic heterocycles. The lowest BCUT2D eigenvalue weighted by atomic mass is 9.89. The Hall–Kier alpha value is -2.59. The third kappa shape index (κ3) is 3.51. The molecule has 26 heavy (non-hydrogen) atoms. The molecule has 1 aliphatic rings. The van der Waals surface area contributed by atoms with Gasteiger partial charge in [-0.3, -0.25) is 4.79 Å². The fraction of sp³-hybridized carbons (Fsp3) is 0.238. The van der Waals surface area contributed by atoms with Crippen molar-refractivity contribution in [2.45, 2.75) is 18.8 Å². The predicted molar refractivity (Wildman–Crippen MR) is 103 cm³/mol. The van der Waals surface area contributed by atoms with Crippen LogP contribution in [-0.4, -0.2) is 33.7 Å². The van der Waals surface area contributed by atoms with Gasteiger partial charge in [-0.2, -0.15) is 5.10 Å². The minimum absolute atomic E-state index is 0.00251. The van der Waals surface area contributed by atoms with Crippen molar-refractivity contribution in [3.8, 4) is 5.69 Å². The van der Waals surface area contributed by atoms with E-state index in [1.165, 1.54) is 5.56 Å². The Balaban J connectivity index is 1.43. The Morgan fingerprint density at radius 2 is 1.77 bits per heavy atom. The van der Waals surface area contributed by atoms with E-state index >= 15 is 0 Å². The van der Waals surface area contributed by atoms with E-state index in [0.29, 0.717) is 16.6 Å².